The Morgan fingerprint density at radius 1 is 1.53 bits per heavy atom. The second kappa shape index (κ2) is 6.63. The van der Waals surface area contributed by atoms with Crippen LogP contribution in [0.1, 0.15) is 33.6 Å². The molecule has 5 heteroatoms. The summed E-state index contributed by atoms with van der Waals surface area (Å²) in [7, 11) is 0. The maximum atomic E-state index is 11.2. The van der Waals surface area contributed by atoms with Crippen LogP contribution in [0.25, 0.3) is 0 Å². The molecule has 0 spiro atoms. The molecular weight excluding hydrogens is 196 g/mol. The first kappa shape index (κ1) is 14.2. The summed E-state index contributed by atoms with van der Waals surface area (Å²) in [5.74, 6) is 0. The molecule has 0 saturated heterocycles. The zero-order chi connectivity index (χ0) is 11.9. The minimum Gasteiger partial charge on any atom is -0.444 e. The molecule has 90 valence electrons. The Kier molecular flexibility index (Phi) is 6.27. The molecule has 0 aliphatic heterocycles. The molecule has 0 unspecified atom stereocenters. The molecule has 1 amide bonds. The minimum atomic E-state index is -0.467. The first-order valence-corrected chi connectivity index (χ1v) is 5.18. The van der Waals surface area contributed by atoms with Gasteiger partial charge in [-0.15, -0.1) is 0 Å². The fraction of sp³-hybridized carbons (Fsp3) is 0.900. The van der Waals surface area contributed by atoms with E-state index in [4.69, 9.17) is 15.6 Å². The Morgan fingerprint density at radius 2 is 2.13 bits per heavy atom. The van der Waals surface area contributed by atoms with Crippen LogP contribution >= 0.6 is 0 Å². The number of aliphatic hydroxyl groups excluding tert-OH is 1. The number of carbonyl (C=O) groups excluding carboxylic acids is 1. The Balaban J connectivity index is 3.48. The van der Waals surface area contributed by atoms with Crippen LogP contribution in [0.4, 0.5) is 4.79 Å². The quantitative estimate of drug-likeness (QED) is 0.590. The van der Waals surface area contributed by atoms with Gasteiger partial charge in [0, 0.05) is 12.6 Å². The lowest BCUT2D eigenvalue weighted by atomic mass is 10.2. The molecule has 0 radical (unpaired) electrons. The first-order valence-electron chi connectivity index (χ1n) is 5.18. The van der Waals surface area contributed by atoms with Crippen molar-refractivity contribution in [3.63, 3.8) is 0 Å². The molecular formula is C10H22N2O3. The summed E-state index contributed by atoms with van der Waals surface area (Å²) in [4.78, 5) is 11.2. The Bertz CT molecular complexity index is 190. The smallest absolute Gasteiger partial charge is 0.407 e. The number of hydrogen-bond donors (Lipinski definition) is 3. The SMILES string of the molecule is CC(C)(C)OC(=O)NCCC[C@H](N)CO. The monoisotopic (exact) mass is 218 g/mol. The molecule has 0 fully saturated rings. The summed E-state index contributed by atoms with van der Waals surface area (Å²) in [5.41, 5.74) is 5.03. The van der Waals surface area contributed by atoms with Crippen LogP contribution in [0, 0.1) is 0 Å². The predicted octanol–water partition coefficient (Wildman–Crippen LogP) is 0.611. The average molecular weight is 218 g/mol. The van der Waals surface area contributed by atoms with Crippen LogP contribution in [0.3, 0.4) is 0 Å². The van der Waals surface area contributed by atoms with E-state index in [-0.39, 0.29) is 12.6 Å². The largest absolute Gasteiger partial charge is 0.444 e. The highest BCUT2D eigenvalue weighted by Crippen LogP contribution is 2.06. The van der Waals surface area contributed by atoms with Crippen molar-refractivity contribution in [3.05, 3.63) is 0 Å². The van der Waals surface area contributed by atoms with Crippen molar-refractivity contribution >= 4 is 6.09 Å². The molecule has 0 heterocycles. The van der Waals surface area contributed by atoms with Gasteiger partial charge in [-0.05, 0) is 33.6 Å². The topological polar surface area (TPSA) is 84.6 Å². The van der Waals surface area contributed by atoms with E-state index in [1.807, 2.05) is 20.8 Å². The maximum absolute atomic E-state index is 11.2. The summed E-state index contributed by atoms with van der Waals surface area (Å²) in [5, 5.41) is 11.3. The summed E-state index contributed by atoms with van der Waals surface area (Å²) >= 11 is 0. The molecule has 0 rings (SSSR count). The van der Waals surface area contributed by atoms with Crippen molar-refractivity contribution in [2.24, 2.45) is 5.73 Å². The number of amides is 1. The van der Waals surface area contributed by atoms with Crippen LogP contribution in [-0.4, -0.2) is 36.0 Å². The van der Waals surface area contributed by atoms with Crippen molar-refractivity contribution in [3.8, 4) is 0 Å². The van der Waals surface area contributed by atoms with Crippen LogP contribution in [-0.2, 0) is 4.74 Å². The lowest BCUT2D eigenvalue weighted by Crippen LogP contribution is -2.33. The summed E-state index contributed by atoms with van der Waals surface area (Å²) in [6.07, 6.45) is 1.01. The van der Waals surface area contributed by atoms with Crippen molar-refractivity contribution in [1.82, 2.24) is 5.32 Å². The number of ether oxygens (including phenoxy) is 1. The van der Waals surface area contributed by atoms with Gasteiger partial charge in [-0.3, -0.25) is 0 Å². The minimum absolute atomic E-state index is 0.0214. The second-order valence-electron chi connectivity index (χ2n) is 4.51. The zero-order valence-electron chi connectivity index (χ0n) is 9.75. The molecule has 0 aromatic carbocycles. The number of aliphatic hydroxyl groups is 1. The van der Waals surface area contributed by atoms with E-state index in [1.54, 1.807) is 0 Å². The maximum Gasteiger partial charge on any atom is 0.407 e. The Hall–Kier alpha value is -0.810. The van der Waals surface area contributed by atoms with Crippen molar-refractivity contribution in [2.75, 3.05) is 13.2 Å². The summed E-state index contributed by atoms with van der Waals surface area (Å²) in [6, 6.07) is -0.203. The number of nitrogens with one attached hydrogen (secondary N) is 1. The molecule has 0 bridgehead atoms. The van der Waals surface area contributed by atoms with Gasteiger partial charge < -0.3 is 20.9 Å². The Labute approximate surface area is 91.0 Å². The third-order valence-electron chi connectivity index (χ3n) is 1.65. The van der Waals surface area contributed by atoms with E-state index in [2.05, 4.69) is 5.32 Å². The average Bonchev–Trinajstić information content (AvgIpc) is 2.09. The molecule has 0 aliphatic rings. The van der Waals surface area contributed by atoms with E-state index in [0.717, 1.165) is 6.42 Å². The van der Waals surface area contributed by atoms with Crippen molar-refractivity contribution in [1.29, 1.82) is 0 Å². The van der Waals surface area contributed by atoms with Crippen LogP contribution in [0.5, 0.6) is 0 Å². The molecule has 1 atom stereocenters. The van der Waals surface area contributed by atoms with Gasteiger partial charge in [-0.2, -0.15) is 0 Å². The highest BCUT2D eigenvalue weighted by molar-refractivity contribution is 5.67. The van der Waals surface area contributed by atoms with E-state index in [9.17, 15) is 4.79 Å². The lowest BCUT2D eigenvalue weighted by Gasteiger charge is -2.19. The van der Waals surface area contributed by atoms with Crippen LogP contribution in [0.2, 0.25) is 0 Å². The molecule has 4 N–H and O–H groups in total. The fourth-order valence-corrected chi connectivity index (χ4v) is 0.960. The van der Waals surface area contributed by atoms with Gasteiger partial charge in [-0.1, -0.05) is 0 Å². The van der Waals surface area contributed by atoms with Gasteiger partial charge in [-0.25, -0.2) is 4.79 Å². The van der Waals surface area contributed by atoms with Gasteiger partial charge in [0.05, 0.1) is 6.61 Å². The van der Waals surface area contributed by atoms with Crippen molar-refractivity contribution in [2.45, 2.75) is 45.3 Å². The van der Waals surface area contributed by atoms with Gasteiger partial charge in [0.15, 0.2) is 0 Å². The highest BCUT2D eigenvalue weighted by Gasteiger charge is 2.15. The third kappa shape index (κ3) is 9.49. The number of nitrogens with two attached hydrogens (primary N) is 1. The number of carbonyl (C=O) groups is 1. The highest BCUT2D eigenvalue weighted by atomic mass is 16.6. The van der Waals surface area contributed by atoms with Gasteiger partial charge in [0.1, 0.15) is 5.60 Å². The zero-order valence-corrected chi connectivity index (χ0v) is 9.75. The Morgan fingerprint density at radius 3 is 2.60 bits per heavy atom. The van der Waals surface area contributed by atoms with E-state index in [1.165, 1.54) is 0 Å². The number of hydrogen-bond acceptors (Lipinski definition) is 4. The van der Waals surface area contributed by atoms with E-state index >= 15 is 0 Å². The van der Waals surface area contributed by atoms with Gasteiger partial charge >= 0.3 is 6.09 Å². The van der Waals surface area contributed by atoms with E-state index in [0.29, 0.717) is 13.0 Å². The first-order chi connectivity index (χ1) is 6.85. The standard InChI is InChI=1S/C10H22N2O3/c1-10(2,3)15-9(14)12-6-4-5-8(11)7-13/h8,13H,4-7,11H2,1-3H3,(H,12,14)/t8-/m0/s1. The molecule has 0 aromatic rings. The van der Waals surface area contributed by atoms with Gasteiger partial charge in [0.2, 0.25) is 0 Å². The third-order valence-corrected chi connectivity index (χ3v) is 1.65. The molecule has 5 nitrogen and oxygen atoms in total. The fourth-order valence-electron chi connectivity index (χ4n) is 0.960. The summed E-state index contributed by atoms with van der Waals surface area (Å²) < 4.78 is 5.04. The lowest BCUT2D eigenvalue weighted by molar-refractivity contribution is 0.0526. The number of rotatable bonds is 5. The normalized spacial score (nSPS) is 13.4. The predicted molar refractivity (Wildman–Crippen MR) is 58.5 cm³/mol. The second-order valence-corrected chi connectivity index (χ2v) is 4.51. The summed E-state index contributed by atoms with van der Waals surface area (Å²) in [6.45, 7) is 5.94. The number of alkyl carbamates (subject to hydrolysis) is 1. The molecule has 0 aromatic heterocycles. The molecule has 0 aliphatic carbocycles. The van der Waals surface area contributed by atoms with Crippen LogP contribution < -0.4 is 11.1 Å². The molecule has 0 saturated carbocycles. The van der Waals surface area contributed by atoms with Gasteiger partial charge in [0.25, 0.3) is 0 Å². The molecule has 15 heavy (non-hydrogen) atoms. The van der Waals surface area contributed by atoms with Crippen molar-refractivity contribution < 1.29 is 14.6 Å². The van der Waals surface area contributed by atoms with Crippen LogP contribution in [0.15, 0.2) is 0 Å². The van der Waals surface area contributed by atoms with E-state index < -0.39 is 11.7 Å².